The first-order chi connectivity index (χ1) is 12.1. The summed E-state index contributed by atoms with van der Waals surface area (Å²) in [5.74, 6) is 0.302. The predicted molar refractivity (Wildman–Crippen MR) is 95.1 cm³/mol. The number of H-pyrrole nitrogens is 1. The maximum Gasteiger partial charge on any atom is 0.272 e. The van der Waals surface area contributed by atoms with Crippen molar-refractivity contribution >= 4 is 5.65 Å². The van der Waals surface area contributed by atoms with Crippen molar-refractivity contribution in [1.29, 1.82) is 0 Å². The molecule has 25 heavy (non-hydrogen) atoms. The number of hydrogen-bond acceptors (Lipinski definition) is 3. The van der Waals surface area contributed by atoms with Crippen LogP contribution in [0.15, 0.2) is 41.2 Å². The molecule has 3 heterocycles. The summed E-state index contributed by atoms with van der Waals surface area (Å²) < 4.78 is 14.5. The van der Waals surface area contributed by atoms with Gasteiger partial charge in [0.1, 0.15) is 5.82 Å². The van der Waals surface area contributed by atoms with Gasteiger partial charge in [0, 0.05) is 17.8 Å². The van der Waals surface area contributed by atoms with E-state index in [4.69, 9.17) is 0 Å². The zero-order chi connectivity index (χ0) is 17.4. The van der Waals surface area contributed by atoms with Crippen LogP contribution in [0.2, 0.25) is 0 Å². The van der Waals surface area contributed by atoms with Crippen molar-refractivity contribution in [2.45, 2.75) is 19.3 Å². The SMILES string of the molecule is CN1CCC(Cc2cc(=O)n3[nH]c(-c4ccc(F)cc4)cc3n2)CC1. The lowest BCUT2D eigenvalue weighted by Gasteiger charge is -2.28. The number of rotatable bonds is 3. The van der Waals surface area contributed by atoms with Gasteiger partial charge in [-0.25, -0.2) is 13.9 Å². The average Bonchev–Trinajstić information content (AvgIpc) is 3.02. The van der Waals surface area contributed by atoms with Crippen molar-refractivity contribution in [3.63, 3.8) is 0 Å². The minimum absolute atomic E-state index is 0.110. The highest BCUT2D eigenvalue weighted by atomic mass is 19.1. The Hall–Kier alpha value is -2.47. The van der Waals surface area contributed by atoms with Crippen LogP contribution in [0, 0.1) is 11.7 Å². The van der Waals surface area contributed by atoms with Gasteiger partial charge in [-0.1, -0.05) is 0 Å². The number of aromatic nitrogens is 3. The first-order valence-corrected chi connectivity index (χ1v) is 8.65. The average molecular weight is 340 g/mol. The van der Waals surface area contributed by atoms with E-state index in [-0.39, 0.29) is 11.4 Å². The number of nitrogens with one attached hydrogen (secondary N) is 1. The van der Waals surface area contributed by atoms with E-state index in [1.54, 1.807) is 18.2 Å². The van der Waals surface area contributed by atoms with Gasteiger partial charge in [0.2, 0.25) is 0 Å². The maximum atomic E-state index is 13.1. The highest BCUT2D eigenvalue weighted by molar-refractivity contribution is 5.63. The van der Waals surface area contributed by atoms with E-state index in [2.05, 4.69) is 22.0 Å². The highest BCUT2D eigenvalue weighted by Gasteiger charge is 2.18. The summed E-state index contributed by atoms with van der Waals surface area (Å²) in [4.78, 5) is 19.4. The molecule has 0 aliphatic carbocycles. The molecule has 0 unspecified atom stereocenters. The molecule has 0 radical (unpaired) electrons. The molecule has 1 N–H and O–H groups in total. The Morgan fingerprint density at radius 2 is 1.92 bits per heavy atom. The van der Waals surface area contributed by atoms with E-state index in [0.29, 0.717) is 11.6 Å². The van der Waals surface area contributed by atoms with Gasteiger partial charge in [-0.3, -0.25) is 9.89 Å². The second kappa shape index (κ2) is 6.44. The fourth-order valence-electron chi connectivity index (χ4n) is 3.48. The quantitative estimate of drug-likeness (QED) is 0.798. The van der Waals surface area contributed by atoms with Gasteiger partial charge in [0.25, 0.3) is 5.56 Å². The lowest BCUT2D eigenvalue weighted by atomic mass is 9.92. The van der Waals surface area contributed by atoms with Crippen LogP contribution in [-0.4, -0.2) is 39.6 Å². The van der Waals surface area contributed by atoms with Crippen molar-refractivity contribution in [2.24, 2.45) is 5.92 Å². The summed E-state index contributed by atoms with van der Waals surface area (Å²) in [7, 11) is 2.14. The molecular weight excluding hydrogens is 319 g/mol. The minimum atomic E-state index is -0.282. The summed E-state index contributed by atoms with van der Waals surface area (Å²) in [6.07, 6.45) is 3.13. The molecule has 0 bridgehead atoms. The topological polar surface area (TPSA) is 53.4 Å². The smallest absolute Gasteiger partial charge is 0.272 e. The minimum Gasteiger partial charge on any atom is -0.306 e. The number of likely N-dealkylation sites (tertiary alicyclic amines) is 1. The molecule has 3 aromatic rings. The van der Waals surface area contributed by atoms with Crippen LogP contribution in [0.1, 0.15) is 18.5 Å². The van der Waals surface area contributed by atoms with Crippen molar-refractivity contribution in [2.75, 3.05) is 20.1 Å². The van der Waals surface area contributed by atoms with Crippen molar-refractivity contribution in [3.05, 3.63) is 58.3 Å². The predicted octanol–water partition coefficient (Wildman–Crippen LogP) is 2.71. The molecular formula is C19H21FN4O. The van der Waals surface area contributed by atoms with Crippen molar-refractivity contribution in [3.8, 4) is 11.3 Å². The van der Waals surface area contributed by atoms with Gasteiger partial charge in [-0.2, -0.15) is 0 Å². The van der Waals surface area contributed by atoms with Crippen molar-refractivity contribution < 1.29 is 4.39 Å². The summed E-state index contributed by atoms with van der Waals surface area (Å²) in [6.45, 7) is 2.20. The van der Waals surface area contributed by atoms with Crippen molar-refractivity contribution in [1.82, 2.24) is 19.5 Å². The summed E-state index contributed by atoms with van der Waals surface area (Å²) in [6, 6.07) is 9.64. The Kier molecular flexibility index (Phi) is 4.13. The summed E-state index contributed by atoms with van der Waals surface area (Å²) in [5, 5.41) is 3.05. The van der Waals surface area contributed by atoms with Gasteiger partial charge in [0.15, 0.2) is 5.65 Å². The molecule has 0 atom stereocenters. The van der Waals surface area contributed by atoms with E-state index >= 15 is 0 Å². The molecule has 5 nitrogen and oxygen atoms in total. The van der Waals surface area contributed by atoms with Crippen LogP contribution < -0.4 is 5.56 Å². The molecule has 0 saturated carbocycles. The number of fused-ring (bicyclic) bond motifs is 1. The first kappa shape index (κ1) is 16.0. The molecule has 6 heteroatoms. The van der Waals surface area contributed by atoms with E-state index in [1.165, 1.54) is 16.6 Å². The first-order valence-electron chi connectivity index (χ1n) is 8.65. The van der Waals surface area contributed by atoms with Gasteiger partial charge in [-0.15, -0.1) is 0 Å². The Bertz CT molecular complexity index is 936. The Morgan fingerprint density at radius 3 is 2.64 bits per heavy atom. The summed E-state index contributed by atoms with van der Waals surface area (Å²) >= 11 is 0. The number of nitrogens with zero attached hydrogens (tertiary/aromatic N) is 3. The normalized spacial score (nSPS) is 16.6. The van der Waals surface area contributed by atoms with Crippen LogP contribution in [0.4, 0.5) is 4.39 Å². The molecule has 0 amide bonds. The summed E-state index contributed by atoms with van der Waals surface area (Å²) in [5.41, 5.74) is 2.92. The second-order valence-corrected chi connectivity index (χ2v) is 6.91. The Labute approximate surface area is 145 Å². The number of aromatic amines is 1. The highest BCUT2D eigenvalue weighted by Crippen LogP contribution is 2.21. The molecule has 1 fully saturated rings. The van der Waals surface area contributed by atoms with Gasteiger partial charge < -0.3 is 4.90 Å². The number of halogens is 1. The molecule has 0 spiro atoms. The lowest BCUT2D eigenvalue weighted by molar-refractivity contribution is 0.218. The number of hydrogen-bond donors (Lipinski definition) is 1. The monoisotopic (exact) mass is 340 g/mol. The molecule has 2 aromatic heterocycles. The van der Waals surface area contributed by atoms with E-state index in [1.807, 2.05) is 6.07 Å². The van der Waals surface area contributed by atoms with E-state index in [9.17, 15) is 9.18 Å². The Morgan fingerprint density at radius 1 is 1.20 bits per heavy atom. The van der Waals surface area contributed by atoms with Crippen LogP contribution in [0.25, 0.3) is 16.9 Å². The van der Waals surface area contributed by atoms with Crippen LogP contribution >= 0.6 is 0 Å². The number of piperidine rings is 1. The zero-order valence-corrected chi connectivity index (χ0v) is 14.2. The maximum absolute atomic E-state index is 13.1. The molecule has 1 aliphatic heterocycles. The molecule has 1 saturated heterocycles. The van der Waals surface area contributed by atoms with Gasteiger partial charge in [0.05, 0.1) is 5.69 Å². The largest absolute Gasteiger partial charge is 0.306 e. The lowest BCUT2D eigenvalue weighted by Crippen LogP contribution is -2.31. The van der Waals surface area contributed by atoms with Crippen LogP contribution in [0.5, 0.6) is 0 Å². The van der Waals surface area contributed by atoms with Crippen LogP contribution in [0.3, 0.4) is 0 Å². The third kappa shape index (κ3) is 3.35. The van der Waals surface area contributed by atoms with Gasteiger partial charge >= 0.3 is 0 Å². The van der Waals surface area contributed by atoms with E-state index in [0.717, 1.165) is 49.3 Å². The molecule has 4 rings (SSSR count). The molecule has 130 valence electrons. The fourth-order valence-corrected chi connectivity index (χ4v) is 3.48. The standard InChI is InChI=1S/C19H21FN4O/c1-23-8-6-13(7-9-23)10-16-11-19(25)24-18(21-16)12-17(22-24)14-2-4-15(20)5-3-14/h2-5,11-13,22H,6-10H2,1H3. The Balaban J connectivity index is 1.63. The third-order valence-corrected chi connectivity index (χ3v) is 4.99. The molecule has 1 aromatic carbocycles. The van der Waals surface area contributed by atoms with Crippen LogP contribution in [-0.2, 0) is 6.42 Å². The van der Waals surface area contributed by atoms with E-state index < -0.39 is 0 Å². The fraction of sp³-hybridized carbons (Fsp3) is 0.368. The number of benzene rings is 1. The third-order valence-electron chi connectivity index (χ3n) is 4.99. The zero-order valence-electron chi connectivity index (χ0n) is 14.2. The van der Waals surface area contributed by atoms with Gasteiger partial charge in [-0.05, 0) is 75.1 Å². The second-order valence-electron chi connectivity index (χ2n) is 6.91. The molecule has 1 aliphatic rings.